The number of alkyl halides is 4. The number of amides is 1. The first-order valence-corrected chi connectivity index (χ1v) is 12.1. The second-order valence-electron chi connectivity index (χ2n) is 9.84. The van der Waals surface area contributed by atoms with Gasteiger partial charge >= 0.3 is 6.18 Å². The number of nitrogens with one attached hydrogen (secondary N) is 2. The molecule has 0 radical (unpaired) electrons. The molecule has 1 aromatic carbocycles. The summed E-state index contributed by atoms with van der Waals surface area (Å²) in [6.45, 7) is 0.679. The van der Waals surface area contributed by atoms with E-state index in [0.717, 1.165) is 31.6 Å². The molecule has 0 bridgehead atoms. The molecule has 3 heterocycles. The quantitative estimate of drug-likeness (QED) is 0.559. The van der Waals surface area contributed by atoms with Crippen LogP contribution in [0.15, 0.2) is 29.3 Å². The van der Waals surface area contributed by atoms with Crippen molar-refractivity contribution in [2.45, 2.75) is 50.4 Å². The van der Waals surface area contributed by atoms with Gasteiger partial charge in [0.25, 0.3) is 0 Å². The Bertz CT molecular complexity index is 1160. The normalized spacial score (nSPS) is 25.6. The van der Waals surface area contributed by atoms with Crippen molar-refractivity contribution in [1.82, 2.24) is 19.8 Å². The van der Waals surface area contributed by atoms with Crippen molar-refractivity contribution in [1.29, 1.82) is 0 Å². The topological polar surface area (TPSA) is 74.1 Å². The summed E-state index contributed by atoms with van der Waals surface area (Å²) in [4.78, 5) is 24.2. The second kappa shape index (κ2) is 9.55. The van der Waals surface area contributed by atoms with Crippen LogP contribution in [0, 0.1) is 5.92 Å². The van der Waals surface area contributed by atoms with Gasteiger partial charge in [0.2, 0.25) is 11.8 Å². The highest BCUT2D eigenvalue weighted by molar-refractivity contribution is 5.94. The van der Waals surface area contributed by atoms with Crippen LogP contribution in [-0.4, -0.2) is 78.5 Å². The number of aromatic nitrogens is 1. The number of anilines is 1. The molecule has 2 aliphatic heterocycles. The van der Waals surface area contributed by atoms with Crippen LogP contribution in [0.2, 0.25) is 0 Å². The van der Waals surface area contributed by atoms with E-state index in [-0.39, 0.29) is 24.9 Å². The Balaban J connectivity index is 1.43. The summed E-state index contributed by atoms with van der Waals surface area (Å²) in [6, 6.07) is 7.28. The van der Waals surface area contributed by atoms with Crippen molar-refractivity contribution in [2.75, 3.05) is 39.0 Å². The Morgan fingerprint density at radius 2 is 1.94 bits per heavy atom. The predicted octanol–water partition coefficient (Wildman–Crippen LogP) is 3.46. The molecule has 2 aromatic rings. The van der Waals surface area contributed by atoms with Crippen molar-refractivity contribution >= 4 is 28.4 Å². The molecule has 3 atom stereocenters. The Morgan fingerprint density at radius 3 is 2.61 bits per heavy atom. The molecule has 1 saturated carbocycles. The number of hydroxylamine groups is 2. The lowest BCUT2D eigenvalue weighted by Crippen LogP contribution is -2.36. The molecule has 1 amide bonds. The summed E-state index contributed by atoms with van der Waals surface area (Å²) in [7, 11) is 3.65. The minimum absolute atomic E-state index is 0.0642. The molecule has 2 N–H and O–H groups in total. The maximum atomic E-state index is 13.6. The van der Waals surface area contributed by atoms with E-state index in [4.69, 9.17) is 4.84 Å². The van der Waals surface area contributed by atoms with Crippen molar-refractivity contribution in [3.05, 3.63) is 30.0 Å². The summed E-state index contributed by atoms with van der Waals surface area (Å²) in [5.74, 6) is -0.915. The van der Waals surface area contributed by atoms with Gasteiger partial charge in [-0.05, 0) is 57.6 Å². The highest BCUT2D eigenvalue weighted by atomic mass is 19.4. The van der Waals surface area contributed by atoms with Gasteiger partial charge in [-0.15, -0.1) is 5.06 Å². The number of benzene rings is 1. The van der Waals surface area contributed by atoms with E-state index in [1.807, 2.05) is 6.07 Å². The monoisotopic (exact) mass is 510 g/mol. The number of carbonyl (C=O) groups is 1. The molecule has 1 unspecified atom stereocenters. The van der Waals surface area contributed by atoms with Crippen LogP contribution < -0.4 is 10.6 Å². The molecule has 5 rings (SSSR count). The van der Waals surface area contributed by atoms with Crippen molar-refractivity contribution in [3.8, 4) is 0 Å². The van der Waals surface area contributed by atoms with Crippen LogP contribution in [0.1, 0.15) is 31.1 Å². The van der Waals surface area contributed by atoms with Crippen LogP contribution in [0.5, 0.6) is 0 Å². The highest BCUT2D eigenvalue weighted by Crippen LogP contribution is 2.37. The fraction of sp³-hybridized carbons (Fsp3) is 0.583. The van der Waals surface area contributed by atoms with E-state index in [2.05, 4.69) is 27.6 Å². The number of aliphatic imine (C=N–C) groups is 1. The molecule has 0 spiro atoms. The van der Waals surface area contributed by atoms with Crippen molar-refractivity contribution < 1.29 is 27.2 Å². The zero-order valence-corrected chi connectivity index (χ0v) is 20.2. The van der Waals surface area contributed by atoms with Gasteiger partial charge in [-0.25, -0.2) is 9.38 Å². The zero-order chi connectivity index (χ0) is 25.6. The van der Waals surface area contributed by atoms with Crippen LogP contribution in [0.25, 0.3) is 10.9 Å². The minimum atomic E-state index is -4.44. The smallest absolute Gasteiger partial charge is 0.386 e. The lowest BCUT2D eigenvalue weighted by atomic mass is 10.0. The molecule has 196 valence electrons. The van der Waals surface area contributed by atoms with Crippen LogP contribution in [-0.2, 0) is 16.2 Å². The SMILES string of the molecule is CN1CCC(Nc2cccc3c2cc(C2N=C(CNC(=O)[C@@H]4C[C@@H]4F)ON2C)n3CC(F)(F)F)CC1. The lowest BCUT2D eigenvalue weighted by Gasteiger charge is -2.30. The van der Waals surface area contributed by atoms with Gasteiger partial charge in [0.05, 0.1) is 23.7 Å². The van der Waals surface area contributed by atoms with Gasteiger partial charge in [-0.2, -0.15) is 13.2 Å². The number of hydrogen-bond acceptors (Lipinski definition) is 6. The minimum Gasteiger partial charge on any atom is -0.386 e. The Morgan fingerprint density at radius 1 is 1.22 bits per heavy atom. The van der Waals surface area contributed by atoms with Gasteiger partial charge in [0.1, 0.15) is 12.7 Å². The Labute approximate surface area is 206 Å². The Hall–Kier alpha value is -2.86. The highest BCUT2D eigenvalue weighted by Gasteiger charge is 2.44. The third kappa shape index (κ3) is 5.29. The van der Waals surface area contributed by atoms with E-state index in [9.17, 15) is 22.4 Å². The number of halogens is 4. The standard InChI is InChI=1S/C24H30F4N6O2/c1-32-8-6-14(7-9-32)30-18-4-3-5-19-16(18)11-20(34(19)13-24(26,27)28)22-31-21(36-33(22)2)12-29-23(35)15-10-17(15)25/h3-5,11,14-15,17,22,30H,6-10,12-13H2,1-2H3,(H,29,35)/t15-,17+,22?/m1/s1. The van der Waals surface area contributed by atoms with E-state index < -0.39 is 36.9 Å². The van der Waals surface area contributed by atoms with E-state index >= 15 is 0 Å². The molecule has 36 heavy (non-hydrogen) atoms. The number of fused-ring (bicyclic) bond motifs is 1. The number of hydrogen-bond donors (Lipinski definition) is 2. The summed E-state index contributed by atoms with van der Waals surface area (Å²) in [5.41, 5.74) is 1.57. The van der Waals surface area contributed by atoms with Gasteiger partial charge in [0.15, 0.2) is 6.17 Å². The Kier molecular flexibility index (Phi) is 6.58. The summed E-state index contributed by atoms with van der Waals surface area (Å²) in [5, 5.41) is 8.16. The van der Waals surface area contributed by atoms with E-state index in [0.29, 0.717) is 16.6 Å². The number of likely N-dealkylation sites (tertiary alicyclic amines) is 1. The summed E-state index contributed by atoms with van der Waals surface area (Å²) in [6.07, 6.45) is -4.30. The average Bonchev–Trinajstić information content (AvgIpc) is 3.28. The number of carbonyl (C=O) groups excluding carboxylic acids is 1. The molecule has 3 aliphatic rings. The van der Waals surface area contributed by atoms with Crippen LogP contribution in [0.3, 0.4) is 0 Å². The van der Waals surface area contributed by atoms with Crippen LogP contribution >= 0.6 is 0 Å². The first kappa shape index (κ1) is 24.8. The number of piperidine rings is 1. The summed E-state index contributed by atoms with van der Waals surface area (Å²) >= 11 is 0. The summed E-state index contributed by atoms with van der Waals surface area (Å²) < 4.78 is 55.2. The maximum Gasteiger partial charge on any atom is 0.406 e. The lowest BCUT2D eigenvalue weighted by molar-refractivity contribution is -0.141. The second-order valence-corrected chi connectivity index (χ2v) is 9.84. The molecule has 1 saturated heterocycles. The zero-order valence-electron chi connectivity index (χ0n) is 20.2. The molecule has 8 nitrogen and oxygen atoms in total. The van der Waals surface area contributed by atoms with Crippen molar-refractivity contribution in [3.63, 3.8) is 0 Å². The molecule has 1 aliphatic carbocycles. The number of nitrogens with zero attached hydrogens (tertiary/aromatic N) is 4. The molecule has 2 fully saturated rings. The van der Waals surface area contributed by atoms with E-state index in [1.165, 1.54) is 9.63 Å². The predicted molar refractivity (Wildman–Crippen MR) is 127 cm³/mol. The first-order valence-electron chi connectivity index (χ1n) is 12.1. The van der Waals surface area contributed by atoms with Crippen LogP contribution in [0.4, 0.5) is 23.2 Å². The van der Waals surface area contributed by atoms with Gasteiger partial charge in [-0.3, -0.25) is 4.79 Å². The van der Waals surface area contributed by atoms with Gasteiger partial charge in [0, 0.05) is 24.2 Å². The molecule has 12 heteroatoms. The third-order valence-electron chi connectivity index (χ3n) is 6.98. The molecule has 1 aromatic heterocycles. The fourth-order valence-electron chi connectivity index (χ4n) is 4.89. The first-order chi connectivity index (χ1) is 17.1. The average molecular weight is 511 g/mol. The van der Waals surface area contributed by atoms with Crippen molar-refractivity contribution in [2.24, 2.45) is 10.9 Å². The maximum absolute atomic E-state index is 13.6. The third-order valence-corrected chi connectivity index (χ3v) is 6.98. The molecular weight excluding hydrogens is 480 g/mol. The van der Waals surface area contributed by atoms with Gasteiger partial charge in [-0.1, -0.05) is 6.07 Å². The van der Waals surface area contributed by atoms with E-state index in [1.54, 1.807) is 25.2 Å². The molecular formula is C24H30F4N6O2. The largest absolute Gasteiger partial charge is 0.406 e. The fourth-order valence-corrected chi connectivity index (χ4v) is 4.89. The van der Waals surface area contributed by atoms with Gasteiger partial charge < -0.3 is 24.9 Å². The number of rotatable bonds is 7.